The van der Waals surface area contributed by atoms with Crippen LogP contribution in [0.4, 0.5) is 5.82 Å². The van der Waals surface area contributed by atoms with Crippen molar-refractivity contribution in [2.45, 2.75) is 19.3 Å². The molecule has 7 heteroatoms. The van der Waals surface area contributed by atoms with Crippen molar-refractivity contribution in [2.24, 2.45) is 5.92 Å². The highest BCUT2D eigenvalue weighted by atomic mass is 16.5. The van der Waals surface area contributed by atoms with Crippen LogP contribution in [0.1, 0.15) is 19.3 Å². The van der Waals surface area contributed by atoms with Crippen LogP contribution in [0, 0.1) is 5.92 Å². The van der Waals surface area contributed by atoms with Gasteiger partial charge in [0.15, 0.2) is 11.5 Å². The second-order valence-corrected chi connectivity index (χ2v) is 6.97. The lowest BCUT2D eigenvalue weighted by Gasteiger charge is -2.33. The number of carbonyl (C=O) groups excluding carboxylic acids is 1. The molecule has 27 heavy (non-hydrogen) atoms. The first-order valence-corrected chi connectivity index (χ1v) is 9.51. The van der Waals surface area contributed by atoms with Crippen LogP contribution in [0.25, 0.3) is 16.7 Å². The zero-order valence-corrected chi connectivity index (χ0v) is 15.6. The summed E-state index contributed by atoms with van der Waals surface area (Å²) in [7, 11) is 1.68. The van der Waals surface area contributed by atoms with Crippen molar-refractivity contribution in [1.82, 2.24) is 19.7 Å². The number of nitrogens with zero attached hydrogens (tertiary/aromatic N) is 4. The number of ether oxygens (including phenoxy) is 1. The Balaban J connectivity index is 1.56. The van der Waals surface area contributed by atoms with Crippen molar-refractivity contribution < 1.29 is 9.53 Å². The molecule has 142 valence electrons. The van der Waals surface area contributed by atoms with Gasteiger partial charge < -0.3 is 19.4 Å². The van der Waals surface area contributed by atoms with E-state index in [4.69, 9.17) is 9.72 Å². The van der Waals surface area contributed by atoms with E-state index >= 15 is 0 Å². The van der Waals surface area contributed by atoms with E-state index in [9.17, 15) is 4.79 Å². The quantitative estimate of drug-likeness (QED) is 0.677. The van der Waals surface area contributed by atoms with E-state index in [0.717, 1.165) is 48.3 Å². The third kappa shape index (κ3) is 3.60. The minimum absolute atomic E-state index is 0.0162. The molecule has 0 aliphatic carbocycles. The summed E-state index contributed by atoms with van der Waals surface area (Å²) in [5.41, 5.74) is 2.77. The number of hydrogen-bond donors (Lipinski definition) is 1. The van der Waals surface area contributed by atoms with E-state index in [0.29, 0.717) is 19.7 Å². The topological polar surface area (TPSA) is 71.8 Å². The standard InChI is InChI=1S/C20H25N5O2/c1-27-13-5-10-22-20(26)15-6-3-11-24(14-15)19-17-8-4-12-25(17)16-7-2-9-21-18(16)23-19/h2,4,7-9,12,15H,3,5-6,10-11,13-14H2,1H3,(H,22,26). The highest BCUT2D eigenvalue weighted by Crippen LogP contribution is 2.28. The number of aromatic nitrogens is 3. The van der Waals surface area contributed by atoms with Crippen LogP contribution in [-0.2, 0) is 9.53 Å². The van der Waals surface area contributed by atoms with Gasteiger partial charge in [-0.05, 0) is 43.5 Å². The molecule has 1 amide bonds. The molecule has 1 aliphatic rings. The van der Waals surface area contributed by atoms with E-state index in [1.165, 1.54) is 0 Å². The number of anilines is 1. The van der Waals surface area contributed by atoms with Gasteiger partial charge in [-0.25, -0.2) is 9.97 Å². The highest BCUT2D eigenvalue weighted by Gasteiger charge is 2.27. The van der Waals surface area contributed by atoms with Crippen molar-refractivity contribution in [1.29, 1.82) is 0 Å². The number of rotatable bonds is 6. The SMILES string of the molecule is COCCCNC(=O)C1CCCN(c2nc3ncccc3n3cccc23)C1. The van der Waals surface area contributed by atoms with E-state index < -0.39 is 0 Å². The molecule has 1 aliphatic heterocycles. The van der Waals surface area contributed by atoms with E-state index in [1.54, 1.807) is 13.3 Å². The molecule has 1 fully saturated rings. The first-order valence-electron chi connectivity index (χ1n) is 9.51. The molecule has 4 heterocycles. The number of fused-ring (bicyclic) bond motifs is 3. The largest absolute Gasteiger partial charge is 0.385 e. The molecule has 3 aromatic rings. The Morgan fingerprint density at radius 1 is 1.33 bits per heavy atom. The van der Waals surface area contributed by atoms with E-state index in [1.807, 2.05) is 24.4 Å². The third-order valence-electron chi connectivity index (χ3n) is 5.13. The Hall–Kier alpha value is -2.67. The number of amides is 1. The maximum atomic E-state index is 12.5. The zero-order chi connectivity index (χ0) is 18.6. The molecule has 7 nitrogen and oxygen atoms in total. The van der Waals surface area contributed by atoms with Gasteiger partial charge >= 0.3 is 0 Å². The molecular formula is C20H25N5O2. The minimum atomic E-state index is -0.0162. The average Bonchev–Trinajstić information content (AvgIpc) is 3.21. The van der Waals surface area contributed by atoms with Crippen LogP contribution >= 0.6 is 0 Å². The van der Waals surface area contributed by atoms with E-state index in [2.05, 4.69) is 25.7 Å². The van der Waals surface area contributed by atoms with Crippen LogP contribution in [0.5, 0.6) is 0 Å². The van der Waals surface area contributed by atoms with Crippen LogP contribution in [0.3, 0.4) is 0 Å². The first kappa shape index (κ1) is 17.7. The summed E-state index contributed by atoms with van der Waals surface area (Å²) < 4.78 is 7.16. The maximum absolute atomic E-state index is 12.5. The second kappa shape index (κ2) is 7.92. The minimum Gasteiger partial charge on any atom is -0.385 e. The lowest BCUT2D eigenvalue weighted by Crippen LogP contribution is -2.43. The van der Waals surface area contributed by atoms with Crippen LogP contribution in [0.2, 0.25) is 0 Å². The van der Waals surface area contributed by atoms with Gasteiger partial charge in [0, 0.05) is 45.7 Å². The molecule has 1 atom stereocenters. The van der Waals surface area contributed by atoms with Gasteiger partial charge in [0.25, 0.3) is 0 Å². The molecule has 1 saturated heterocycles. The number of pyridine rings is 1. The second-order valence-electron chi connectivity index (χ2n) is 6.97. The van der Waals surface area contributed by atoms with Crippen molar-refractivity contribution in [2.75, 3.05) is 38.3 Å². The molecule has 0 aromatic carbocycles. The number of nitrogens with one attached hydrogen (secondary N) is 1. The Kier molecular flexibility index (Phi) is 5.20. The van der Waals surface area contributed by atoms with Crippen molar-refractivity contribution >= 4 is 28.4 Å². The molecule has 0 radical (unpaired) electrons. The Morgan fingerprint density at radius 3 is 3.11 bits per heavy atom. The fraction of sp³-hybridized carbons (Fsp3) is 0.450. The van der Waals surface area contributed by atoms with Crippen LogP contribution < -0.4 is 10.2 Å². The maximum Gasteiger partial charge on any atom is 0.224 e. The summed E-state index contributed by atoms with van der Waals surface area (Å²) in [4.78, 5) is 24.0. The Morgan fingerprint density at radius 2 is 2.22 bits per heavy atom. The number of hydrogen-bond acceptors (Lipinski definition) is 5. The highest BCUT2D eigenvalue weighted by molar-refractivity contribution is 5.84. The van der Waals surface area contributed by atoms with Gasteiger partial charge in [-0.15, -0.1) is 0 Å². The molecule has 4 rings (SSSR count). The summed E-state index contributed by atoms with van der Waals surface area (Å²) in [5, 5.41) is 3.04. The van der Waals surface area contributed by atoms with Crippen molar-refractivity contribution in [3.63, 3.8) is 0 Å². The molecule has 0 saturated carbocycles. The zero-order valence-electron chi connectivity index (χ0n) is 15.6. The summed E-state index contributed by atoms with van der Waals surface area (Å²) in [6.07, 6.45) is 6.53. The van der Waals surface area contributed by atoms with Crippen molar-refractivity contribution in [3.8, 4) is 0 Å². The van der Waals surface area contributed by atoms with Gasteiger partial charge in [-0.3, -0.25) is 4.79 Å². The van der Waals surface area contributed by atoms with Gasteiger partial charge in [-0.2, -0.15) is 0 Å². The average molecular weight is 367 g/mol. The number of methoxy groups -OCH3 is 1. The Bertz CT molecular complexity index is 938. The molecule has 0 bridgehead atoms. The Labute approximate surface area is 158 Å². The van der Waals surface area contributed by atoms with E-state index in [-0.39, 0.29) is 11.8 Å². The van der Waals surface area contributed by atoms with Gasteiger partial charge in [0.1, 0.15) is 0 Å². The lowest BCUT2D eigenvalue weighted by molar-refractivity contribution is -0.125. The summed E-state index contributed by atoms with van der Waals surface area (Å²) >= 11 is 0. The van der Waals surface area contributed by atoms with Crippen molar-refractivity contribution in [3.05, 3.63) is 36.7 Å². The summed E-state index contributed by atoms with van der Waals surface area (Å²) in [6, 6.07) is 8.05. The molecule has 0 spiro atoms. The summed E-state index contributed by atoms with van der Waals surface area (Å²) in [5.74, 6) is 1.02. The fourth-order valence-electron chi connectivity index (χ4n) is 3.78. The lowest BCUT2D eigenvalue weighted by atomic mass is 9.97. The monoisotopic (exact) mass is 367 g/mol. The fourth-order valence-corrected chi connectivity index (χ4v) is 3.78. The number of piperidine rings is 1. The van der Waals surface area contributed by atoms with Gasteiger partial charge in [0.2, 0.25) is 5.91 Å². The number of carbonyl (C=O) groups is 1. The predicted molar refractivity (Wildman–Crippen MR) is 105 cm³/mol. The van der Waals surface area contributed by atoms with Gasteiger partial charge in [0.05, 0.1) is 17.0 Å². The smallest absolute Gasteiger partial charge is 0.224 e. The normalized spacial score (nSPS) is 17.5. The summed E-state index contributed by atoms with van der Waals surface area (Å²) in [6.45, 7) is 2.91. The molecule has 1 N–H and O–H groups in total. The van der Waals surface area contributed by atoms with Crippen LogP contribution in [-0.4, -0.2) is 53.6 Å². The van der Waals surface area contributed by atoms with Gasteiger partial charge in [-0.1, -0.05) is 0 Å². The third-order valence-corrected chi connectivity index (χ3v) is 5.13. The molecular weight excluding hydrogens is 342 g/mol. The molecule has 1 unspecified atom stereocenters. The predicted octanol–water partition coefficient (Wildman–Crippen LogP) is 2.25. The first-order chi connectivity index (χ1) is 13.3. The van der Waals surface area contributed by atoms with Crippen LogP contribution in [0.15, 0.2) is 36.7 Å². The molecule has 3 aromatic heterocycles.